The van der Waals surface area contributed by atoms with E-state index in [4.69, 9.17) is 4.98 Å². The quantitative estimate of drug-likeness (QED) is 0.270. The van der Waals surface area contributed by atoms with E-state index < -0.39 is 17.9 Å². The highest BCUT2D eigenvalue weighted by Gasteiger charge is 2.24. The Morgan fingerprint density at radius 2 is 1.57 bits per heavy atom. The van der Waals surface area contributed by atoms with E-state index in [0.717, 1.165) is 27.5 Å². The van der Waals surface area contributed by atoms with E-state index >= 15 is 0 Å². The molecule has 2 N–H and O–H groups in total. The summed E-state index contributed by atoms with van der Waals surface area (Å²) in [4.78, 5) is 31.0. The van der Waals surface area contributed by atoms with Crippen LogP contribution < -0.4 is 10.2 Å². The summed E-state index contributed by atoms with van der Waals surface area (Å²) < 4.78 is 13.4. The van der Waals surface area contributed by atoms with Gasteiger partial charge < -0.3 is 15.3 Å². The Kier molecular flexibility index (Phi) is 8.30. The van der Waals surface area contributed by atoms with E-state index in [1.807, 2.05) is 35.7 Å². The van der Waals surface area contributed by atoms with Crippen molar-refractivity contribution >= 4 is 28.3 Å². The van der Waals surface area contributed by atoms with Crippen LogP contribution in [0.4, 0.5) is 9.52 Å². The average Bonchev–Trinajstić information content (AvgIpc) is 3.38. The average molecular weight is 518 g/mol. The molecule has 1 amide bonds. The van der Waals surface area contributed by atoms with E-state index in [1.54, 1.807) is 38.1 Å². The van der Waals surface area contributed by atoms with Crippen molar-refractivity contribution in [3.05, 3.63) is 107 Å². The molecular formula is C29H28FN3O3S. The minimum Gasteiger partial charge on any atom is -0.480 e. The van der Waals surface area contributed by atoms with Gasteiger partial charge in [-0.25, -0.2) is 14.2 Å². The summed E-state index contributed by atoms with van der Waals surface area (Å²) in [5, 5.41) is 14.7. The van der Waals surface area contributed by atoms with Crippen molar-refractivity contribution in [2.75, 3.05) is 4.90 Å². The summed E-state index contributed by atoms with van der Waals surface area (Å²) in [6, 6.07) is 22.6. The lowest BCUT2D eigenvalue weighted by atomic mass is 10.0. The first-order chi connectivity index (χ1) is 17.8. The fourth-order valence-corrected chi connectivity index (χ4v) is 4.71. The molecule has 0 radical (unpaired) electrons. The van der Waals surface area contributed by atoms with Crippen LogP contribution in [-0.4, -0.2) is 28.0 Å². The normalized spacial score (nSPS) is 11.8. The van der Waals surface area contributed by atoms with Gasteiger partial charge in [0.2, 0.25) is 0 Å². The van der Waals surface area contributed by atoms with E-state index in [-0.39, 0.29) is 11.7 Å². The molecule has 0 spiro atoms. The molecule has 0 saturated carbocycles. The van der Waals surface area contributed by atoms with Gasteiger partial charge in [-0.3, -0.25) is 4.79 Å². The topological polar surface area (TPSA) is 82.5 Å². The first-order valence-electron chi connectivity index (χ1n) is 11.9. The van der Waals surface area contributed by atoms with Crippen molar-refractivity contribution in [3.8, 4) is 11.3 Å². The number of benzene rings is 3. The number of amides is 1. The number of anilines is 1. The molecule has 1 heterocycles. The van der Waals surface area contributed by atoms with E-state index in [0.29, 0.717) is 18.7 Å². The van der Waals surface area contributed by atoms with E-state index in [2.05, 4.69) is 22.3 Å². The number of rotatable bonds is 10. The molecule has 1 unspecified atom stereocenters. The SMILES string of the molecule is CC(C)C(NC(=O)c1ccc(CN(Cc2ccccc2)c2nc(-c3ccc(F)cc3)cs2)cc1)C(=O)O. The maximum atomic E-state index is 13.4. The van der Waals surface area contributed by atoms with Gasteiger partial charge in [0.15, 0.2) is 5.13 Å². The standard InChI is InChI=1S/C29H28FN3O3S/c1-19(2)26(28(35)36)32-27(34)23-10-8-21(9-11-23)17-33(16-20-6-4-3-5-7-20)29-31-25(18-37-29)22-12-14-24(30)15-13-22/h3-15,18-19,26H,16-17H2,1-2H3,(H,32,34)(H,35,36). The van der Waals surface area contributed by atoms with Gasteiger partial charge >= 0.3 is 5.97 Å². The third-order valence-electron chi connectivity index (χ3n) is 5.93. The number of carboxylic acid groups (broad SMARTS) is 1. The Hall–Kier alpha value is -4.04. The number of hydrogen-bond acceptors (Lipinski definition) is 5. The van der Waals surface area contributed by atoms with Crippen LogP contribution in [-0.2, 0) is 17.9 Å². The predicted molar refractivity (Wildman–Crippen MR) is 144 cm³/mol. The Bertz CT molecular complexity index is 1340. The van der Waals surface area contributed by atoms with Crippen molar-refractivity contribution < 1.29 is 19.1 Å². The first kappa shape index (κ1) is 26.0. The Morgan fingerprint density at radius 1 is 0.946 bits per heavy atom. The third-order valence-corrected chi connectivity index (χ3v) is 6.83. The molecule has 0 aliphatic rings. The smallest absolute Gasteiger partial charge is 0.326 e. The van der Waals surface area contributed by atoms with Crippen LogP contribution in [0.15, 0.2) is 84.2 Å². The summed E-state index contributed by atoms with van der Waals surface area (Å²) in [7, 11) is 0. The highest BCUT2D eigenvalue weighted by molar-refractivity contribution is 7.14. The lowest BCUT2D eigenvalue weighted by molar-refractivity contribution is -0.140. The minimum atomic E-state index is -1.06. The van der Waals surface area contributed by atoms with Gasteiger partial charge in [-0.15, -0.1) is 11.3 Å². The van der Waals surface area contributed by atoms with Gasteiger partial charge in [0.25, 0.3) is 5.91 Å². The van der Waals surface area contributed by atoms with Gasteiger partial charge in [-0.1, -0.05) is 56.3 Å². The summed E-state index contributed by atoms with van der Waals surface area (Å²) in [5.74, 6) is -1.99. The molecule has 0 aliphatic heterocycles. The molecule has 4 aromatic rings. The summed E-state index contributed by atoms with van der Waals surface area (Å²) in [6.07, 6.45) is 0. The van der Waals surface area contributed by atoms with Crippen molar-refractivity contribution in [2.45, 2.75) is 33.0 Å². The van der Waals surface area contributed by atoms with Gasteiger partial charge in [-0.05, 0) is 53.4 Å². The van der Waals surface area contributed by atoms with Gasteiger partial charge in [0.05, 0.1) is 5.69 Å². The highest BCUT2D eigenvalue weighted by Crippen LogP contribution is 2.30. The summed E-state index contributed by atoms with van der Waals surface area (Å²) in [6.45, 7) is 4.69. The van der Waals surface area contributed by atoms with Crippen LogP contribution in [0.3, 0.4) is 0 Å². The van der Waals surface area contributed by atoms with E-state index in [9.17, 15) is 19.1 Å². The Labute approximate surface area is 219 Å². The fourth-order valence-electron chi connectivity index (χ4n) is 3.88. The molecule has 8 heteroatoms. The second-order valence-electron chi connectivity index (χ2n) is 9.09. The first-order valence-corrected chi connectivity index (χ1v) is 12.8. The summed E-state index contributed by atoms with van der Waals surface area (Å²) in [5.41, 5.74) is 4.14. The monoisotopic (exact) mass is 517 g/mol. The second-order valence-corrected chi connectivity index (χ2v) is 9.93. The molecule has 4 rings (SSSR count). The number of carbonyl (C=O) groups excluding carboxylic acids is 1. The molecular weight excluding hydrogens is 489 g/mol. The van der Waals surface area contributed by atoms with Crippen LogP contribution in [0, 0.1) is 11.7 Å². The predicted octanol–water partition coefficient (Wildman–Crippen LogP) is 6.00. The number of nitrogens with zero attached hydrogens (tertiary/aromatic N) is 2. The zero-order chi connectivity index (χ0) is 26.4. The maximum Gasteiger partial charge on any atom is 0.326 e. The van der Waals surface area contributed by atoms with Crippen LogP contribution in [0.2, 0.25) is 0 Å². The van der Waals surface area contributed by atoms with Gasteiger partial charge in [-0.2, -0.15) is 0 Å². The lowest BCUT2D eigenvalue weighted by Gasteiger charge is -2.22. The Balaban J connectivity index is 1.53. The van der Waals surface area contributed by atoms with Crippen LogP contribution in [0.1, 0.15) is 35.3 Å². The third kappa shape index (κ3) is 6.80. The van der Waals surface area contributed by atoms with Gasteiger partial charge in [0, 0.05) is 29.6 Å². The molecule has 37 heavy (non-hydrogen) atoms. The molecule has 190 valence electrons. The molecule has 6 nitrogen and oxygen atoms in total. The molecule has 1 aromatic heterocycles. The number of aromatic nitrogens is 1. The molecule has 0 bridgehead atoms. The van der Waals surface area contributed by atoms with Crippen molar-refractivity contribution in [1.82, 2.24) is 10.3 Å². The zero-order valence-electron chi connectivity index (χ0n) is 20.6. The largest absolute Gasteiger partial charge is 0.480 e. The number of thiazole rings is 1. The molecule has 0 aliphatic carbocycles. The number of carbonyl (C=O) groups is 2. The molecule has 0 fully saturated rings. The number of nitrogens with one attached hydrogen (secondary N) is 1. The number of hydrogen-bond donors (Lipinski definition) is 2. The van der Waals surface area contributed by atoms with Crippen LogP contribution in [0.5, 0.6) is 0 Å². The van der Waals surface area contributed by atoms with Gasteiger partial charge in [0.1, 0.15) is 11.9 Å². The van der Waals surface area contributed by atoms with E-state index in [1.165, 1.54) is 23.5 Å². The molecule has 0 saturated heterocycles. The molecule has 1 atom stereocenters. The second kappa shape index (κ2) is 11.8. The zero-order valence-corrected chi connectivity index (χ0v) is 21.4. The minimum absolute atomic E-state index is 0.231. The fraction of sp³-hybridized carbons (Fsp3) is 0.207. The van der Waals surface area contributed by atoms with Crippen LogP contribution in [0.25, 0.3) is 11.3 Å². The summed E-state index contributed by atoms with van der Waals surface area (Å²) >= 11 is 1.52. The number of halogens is 1. The van der Waals surface area contributed by atoms with Crippen LogP contribution >= 0.6 is 11.3 Å². The lowest BCUT2D eigenvalue weighted by Crippen LogP contribution is -2.44. The van der Waals surface area contributed by atoms with Crippen molar-refractivity contribution in [2.24, 2.45) is 5.92 Å². The maximum absolute atomic E-state index is 13.4. The van der Waals surface area contributed by atoms with Crippen molar-refractivity contribution in [3.63, 3.8) is 0 Å². The Morgan fingerprint density at radius 3 is 2.16 bits per heavy atom. The number of carboxylic acids is 1. The van der Waals surface area contributed by atoms with Crippen molar-refractivity contribution in [1.29, 1.82) is 0 Å². The molecule has 3 aromatic carbocycles. The highest BCUT2D eigenvalue weighted by atomic mass is 32.1. The number of aliphatic carboxylic acids is 1.